The van der Waals surface area contributed by atoms with E-state index in [4.69, 9.17) is 0 Å². The van der Waals surface area contributed by atoms with Crippen molar-refractivity contribution in [2.24, 2.45) is 0 Å². The highest BCUT2D eigenvalue weighted by atomic mass is 16.1. The van der Waals surface area contributed by atoms with Gasteiger partial charge in [-0.2, -0.15) is 0 Å². The van der Waals surface area contributed by atoms with Crippen LogP contribution in [-0.4, -0.2) is 5.78 Å². The fourth-order valence-electron chi connectivity index (χ4n) is 1.68. The monoisotopic (exact) mass is 204 g/mol. The molecule has 0 atom stereocenters. The van der Waals surface area contributed by atoms with Crippen molar-refractivity contribution >= 4 is 5.78 Å². The highest BCUT2D eigenvalue weighted by Gasteiger charge is 2.10. The quantitative estimate of drug-likeness (QED) is 0.504. The summed E-state index contributed by atoms with van der Waals surface area (Å²) in [5.41, 5.74) is 0.761. The molecule has 1 aliphatic carbocycles. The molecule has 0 amide bonds. The van der Waals surface area contributed by atoms with Crippen molar-refractivity contribution in [1.29, 1.82) is 0 Å². The van der Waals surface area contributed by atoms with Gasteiger partial charge in [-0.15, -0.1) is 0 Å². The molecule has 82 valence electrons. The van der Waals surface area contributed by atoms with Crippen LogP contribution in [0.15, 0.2) is 11.6 Å². The molecule has 0 bridgehead atoms. The molecule has 0 aliphatic heterocycles. The van der Waals surface area contributed by atoms with Gasteiger partial charge in [0.2, 0.25) is 0 Å². The summed E-state index contributed by atoms with van der Waals surface area (Å²) in [4.78, 5) is 11.4. The molecule has 1 nitrogen and oxygen atoms in total. The maximum absolute atomic E-state index is 11.4. The predicted molar refractivity (Wildman–Crippen MR) is 63.5 cm³/mol. The molecule has 0 saturated heterocycles. The van der Waals surface area contributed by atoms with Gasteiger partial charge in [0.25, 0.3) is 0 Å². The first-order valence-electron chi connectivity index (χ1n) is 6.07. The lowest BCUT2D eigenvalue weighted by Crippen LogP contribution is -2.04. The first-order valence-corrected chi connectivity index (χ1v) is 6.07. The minimum atomic E-state index is 0.238. The number of hydrogen-bond donors (Lipinski definition) is 0. The number of carbonyl (C=O) groups is 1. The Morgan fingerprint density at radius 2 is 2.20 bits per heavy atom. The zero-order chi connectivity index (χ0) is 10.9. The van der Waals surface area contributed by atoms with Crippen LogP contribution in [0.5, 0.6) is 0 Å². The third-order valence-corrected chi connectivity index (χ3v) is 2.64. The van der Waals surface area contributed by atoms with E-state index in [9.17, 15) is 4.79 Å². The highest BCUT2D eigenvalue weighted by Crippen LogP contribution is 2.13. The Morgan fingerprint density at radius 1 is 1.33 bits per heavy atom. The van der Waals surface area contributed by atoms with Crippen molar-refractivity contribution in [2.45, 2.75) is 58.3 Å². The fourth-order valence-corrected chi connectivity index (χ4v) is 1.68. The summed E-state index contributed by atoms with van der Waals surface area (Å²) in [6.45, 7) is 2.21. The summed E-state index contributed by atoms with van der Waals surface area (Å²) in [7, 11) is 0. The van der Waals surface area contributed by atoms with Gasteiger partial charge >= 0.3 is 0 Å². The van der Waals surface area contributed by atoms with Crippen LogP contribution >= 0.6 is 0 Å². The minimum Gasteiger partial charge on any atom is -0.293 e. The smallest absolute Gasteiger partial charge is 0.170 e. The number of hydrogen-bond acceptors (Lipinski definition) is 1. The van der Waals surface area contributed by atoms with Crippen LogP contribution < -0.4 is 0 Å². The van der Waals surface area contributed by atoms with E-state index < -0.39 is 0 Å². The number of unbranched alkanes of at least 4 members (excludes halogenated alkanes) is 4. The van der Waals surface area contributed by atoms with E-state index in [1.54, 1.807) is 0 Å². The van der Waals surface area contributed by atoms with Crippen molar-refractivity contribution in [2.75, 3.05) is 0 Å². The first-order chi connectivity index (χ1) is 7.34. The second-order valence-corrected chi connectivity index (χ2v) is 4.05. The topological polar surface area (TPSA) is 17.1 Å². The van der Waals surface area contributed by atoms with Gasteiger partial charge in [0.15, 0.2) is 5.78 Å². The van der Waals surface area contributed by atoms with Crippen molar-refractivity contribution in [1.82, 2.24) is 0 Å². The first kappa shape index (κ1) is 12.0. The van der Waals surface area contributed by atoms with Gasteiger partial charge in [-0.05, 0) is 19.3 Å². The van der Waals surface area contributed by atoms with E-state index in [2.05, 4.69) is 18.8 Å². The van der Waals surface area contributed by atoms with E-state index in [0.29, 0.717) is 6.42 Å². The predicted octanol–water partition coefficient (Wildman–Crippen LogP) is 3.64. The molecule has 0 unspecified atom stereocenters. The molecule has 0 fully saturated rings. The summed E-state index contributed by atoms with van der Waals surface area (Å²) in [6.07, 6.45) is 10.6. The van der Waals surface area contributed by atoms with Gasteiger partial charge in [0.1, 0.15) is 0 Å². The molecule has 0 aromatic heterocycles. The van der Waals surface area contributed by atoms with Crippen LogP contribution in [0.25, 0.3) is 0 Å². The molecule has 0 aromatic carbocycles. The molecule has 1 heteroatoms. The number of allylic oxidation sites excluding steroid dienone is 2. The van der Waals surface area contributed by atoms with Gasteiger partial charge in [-0.25, -0.2) is 0 Å². The fraction of sp³-hybridized carbons (Fsp3) is 0.643. The lowest BCUT2D eigenvalue weighted by Gasteiger charge is -2.04. The van der Waals surface area contributed by atoms with Crippen LogP contribution in [0.4, 0.5) is 0 Å². The second kappa shape index (κ2) is 7.29. The molecule has 1 aliphatic rings. The number of ketones is 1. The minimum absolute atomic E-state index is 0.238. The molecule has 0 N–H and O–H groups in total. The van der Waals surface area contributed by atoms with Crippen LogP contribution in [0.1, 0.15) is 58.3 Å². The Kier molecular flexibility index (Phi) is 5.85. The maximum Gasteiger partial charge on any atom is 0.170 e. The molecule has 15 heavy (non-hydrogen) atoms. The van der Waals surface area contributed by atoms with Crippen molar-refractivity contribution in [3.05, 3.63) is 11.6 Å². The van der Waals surface area contributed by atoms with Gasteiger partial charge in [0, 0.05) is 12.8 Å². The largest absolute Gasteiger partial charge is 0.293 e. The molecular weight excluding hydrogens is 184 g/mol. The van der Waals surface area contributed by atoms with Crippen LogP contribution in [0.2, 0.25) is 0 Å². The molecule has 0 radical (unpaired) electrons. The number of rotatable bonds is 4. The summed E-state index contributed by atoms with van der Waals surface area (Å²) < 4.78 is 0. The van der Waals surface area contributed by atoms with Crippen LogP contribution in [0, 0.1) is 11.8 Å². The molecule has 0 saturated carbocycles. The number of carbonyl (C=O) groups excluding carboxylic acids is 1. The van der Waals surface area contributed by atoms with E-state index in [1.165, 1.54) is 25.7 Å². The average Bonchev–Trinajstić information content (AvgIpc) is 2.25. The van der Waals surface area contributed by atoms with Crippen molar-refractivity contribution < 1.29 is 4.79 Å². The molecular formula is C14H20O. The van der Waals surface area contributed by atoms with E-state index >= 15 is 0 Å². The zero-order valence-electron chi connectivity index (χ0n) is 9.64. The van der Waals surface area contributed by atoms with Crippen LogP contribution in [-0.2, 0) is 4.79 Å². The molecule has 0 heterocycles. The highest BCUT2D eigenvalue weighted by molar-refractivity contribution is 6.00. The molecule has 1 rings (SSSR count). The maximum atomic E-state index is 11.4. The lowest BCUT2D eigenvalue weighted by molar-refractivity contribution is -0.115. The normalized spacial score (nSPS) is 15.5. The van der Waals surface area contributed by atoms with Gasteiger partial charge in [0.05, 0.1) is 5.57 Å². The third kappa shape index (κ3) is 4.83. The van der Waals surface area contributed by atoms with Crippen molar-refractivity contribution in [3.8, 4) is 11.8 Å². The zero-order valence-corrected chi connectivity index (χ0v) is 9.64. The van der Waals surface area contributed by atoms with E-state index in [1.807, 2.05) is 6.08 Å². The summed E-state index contributed by atoms with van der Waals surface area (Å²) in [5, 5.41) is 0. The van der Waals surface area contributed by atoms with Crippen LogP contribution in [0.3, 0.4) is 0 Å². The van der Waals surface area contributed by atoms with Crippen molar-refractivity contribution in [3.63, 3.8) is 0 Å². The summed E-state index contributed by atoms with van der Waals surface area (Å²) in [6, 6.07) is 0. The number of Topliss-reactive ketones (excluding diaryl/α,β-unsaturated/α-hetero) is 1. The SMILES string of the molecule is CCCCCCC#CC1=CCCCC1=O. The second-order valence-electron chi connectivity index (χ2n) is 4.05. The Labute approximate surface area is 92.9 Å². The lowest BCUT2D eigenvalue weighted by atomic mass is 9.98. The van der Waals surface area contributed by atoms with Gasteiger partial charge < -0.3 is 0 Å². The van der Waals surface area contributed by atoms with E-state index in [-0.39, 0.29) is 5.78 Å². The Hall–Kier alpha value is -1.03. The third-order valence-electron chi connectivity index (χ3n) is 2.64. The standard InChI is InChI=1S/C14H20O/c1-2-3-4-5-6-7-10-13-11-8-9-12-14(13)15/h11H,2-6,8-9,12H2,1H3. The molecule has 0 aromatic rings. The Balaban J connectivity index is 2.25. The average molecular weight is 204 g/mol. The van der Waals surface area contributed by atoms with Gasteiger partial charge in [-0.1, -0.05) is 44.1 Å². The summed E-state index contributed by atoms with van der Waals surface area (Å²) in [5.74, 6) is 6.35. The van der Waals surface area contributed by atoms with Gasteiger partial charge in [-0.3, -0.25) is 4.79 Å². The Bertz CT molecular complexity index is 288. The summed E-state index contributed by atoms with van der Waals surface area (Å²) >= 11 is 0. The molecule has 0 spiro atoms. The van der Waals surface area contributed by atoms with E-state index in [0.717, 1.165) is 24.8 Å². The Morgan fingerprint density at radius 3 is 2.93 bits per heavy atom.